The lowest BCUT2D eigenvalue weighted by Gasteiger charge is -2.34. The van der Waals surface area contributed by atoms with Gasteiger partial charge in [0.05, 0.1) is 17.9 Å². The molecule has 2 rings (SSSR count). The SMILES string of the molecule is CCS(=O)(=O)N1CCN(C(=O)c2ccccc2OCCOC)CC1. The van der Waals surface area contributed by atoms with E-state index in [1.807, 2.05) is 6.07 Å². The van der Waals surface area contributed by atoms with Crippen LogP contribution in [0.1, 0.15) is 17.3 Å². The molecule has 1 aromatic rings. The number of carbonyl (C=O) groups is 1. The van der Waals surface area contributed by atoms with Crippen LogP contribution in [0.15, 0.2) is 24.3 Å². The smallest absolute Gasteiger partial charge is 0.257 e. The predicted molar refractivity (Wildman–Crippen MR) is 90.8 cm³/mol. The maximum Gasteiger partial charge on any atom is 0.257 e. The van der Waals surface area contributed by atoms with Gasteiger partial charge in [0.15, 0.2) is 0 Å². The normalized spacial score (nSPS) is 16.2. The number of amides is 1. The lowest BCUT2D eigenvalue weighted by molar-refractivity contribution is 0.0691. The van der Waals surface area contributed by atoms with E-state index in [0.717, 1.165) is 0 Å². The molecule has 134 valence electrons. The van der Waals surface area contributed by atoms with E-state index in [4.69, 9.17) is 9.47 Å². The number of sulfonamides is 1. The molecule has 0 saturated carbocycles. The maximum absolute atomic E-state index is 12.7. The summed E-state index contributed by atoms with van der Waals surface area (Å²) in [6.45, 7) is 3.85. The van der Waals surface area contributed by atoms with Crippen LogP contribution in [0.2, 0.25) is 0 Å². The van der Waals surface area contributed by atoms with Crippen LogP contribution >= 0.6 is 0 Å². The third kappa shape index (κ3) is 4.46. The summed E-state index contributed by atoms with van der Waals surface area (Å²) < 4.78 is 35.8. The number of para-hydroxylation sites is 1. The number of hydrogen-bond acceptors (Lipinski definition) is 5. The molecule has 1 aliphatic heterocycles. The number of methoxy groups -OCH3 is 1. The number of benzene rings is 1. The predicted octanol–water partition coefficient (Wildman–Crippen LogP) is 0.819. The first kappa shape index (κ1) is 18.7. The van der Waals surface area contributed by atoms with Crippen molar-refractivity contribution < 1.29 is 22.7 Å². The third-order valence-electron chi connectivity index (χ3n) is 3.95. The third-order valence-corrected chi connectivity index (χ3v) is 5.83. The molecule has 8 heteroatoms. The molecule has 1 aliphatic rings. The van der Waals surface area contributed by atoms with E-state index in [2.05, 4.69) is 0 Å². The van der Waals surface area contributed by atoms with E-state index in [9.17, 15) is 13.2 Å². The Bertz CT molecular complexity index is 654. The summed E-state index contributed by atoms with van der Waals surface area (Å²) >= 11 is 0. The number of ether oxygens (including phenoxy) is 2. The van der Waals surface area contributed by atoms with Crippen LogP contribution in [0.4, 0.5) is 0 Å². The summed E-state index contributed by atoms with van der Waals surface area (Å²) in [5.41, 5.74) is 0.486. The van der Waals surface area contributed by atoms with Crippen LogP contribution in [0.5, 0.6) is 5.75 Å². The molecule has 0 aromatic heterocycles. The topological polar surface area (TPSA) is 76.2 Å². The Morgan fingerprint density at radius 1 is 1.12 bits per heavy atom. The molecular formula is C16H24N2O5S. The number of rotatable bonds is 7. The van der Waals surface area contributed by atoms with Crippen molar-refractivity contribution in [2.75, 3.05) is 52.3 Å². The molecule has 1 heterocycles. The van der Waals surface area contributed by atoms with Gasteiger partial charge < -0.3 is 14.4 Å². The van der Waals surface area contributed by atoms with Gasteiger partial charge >= 0.3 is 0 Å². The summed E-state index contributed by atoms with van der Waals surface area (Å²) in [6, 6.07) is 7.07. The second-order valence-corrected chi connectivity index (χ2v) is 7.69. The van der Waals surface area contributed by atoms with Gasteiger partial charge in [0, 0.05) is 33.3 Å². The highest BCUT2D eigenvalue weighted by Crippen LogP contribution is 2.21. The van der Waals surface area contributed by atoms with Crippen LogP contribution in [-0.4, -0.2) is 75.8 Å². The van der Waals surface area contributed by atoms with Crippen LogP contribution < -0.4 is 4.74 Å². The molecule has 1 saturated heterocycles. The first-order valence-corrected chi connectivity index (χ1v) is 9.58. The summed E-state index contributed by atoms with van der Waals surface area (Å²) in [7, 11) is -1.61. The minimum Gasteiger partial charge on any atom is -0.490 e. The Kier molecular flexibility index (Phi) is 6.59. The lowest BCUT2D eigenvalue weighted by atomic mass is 10.1. The van der Waals surface area contributed by atoms with E-state index in [1.165, 1.54) is 4.31 Å². The van der Waals surface area contributed by atoms with Crippen molar-refractivity contribution in [3.63, 3.8) is 0 Å². The molecular weight excluding hydrogens is 332 g/mol. The fraction of sp³-hybridized carbons (Fsp3) is 0.562. The fourth-order valence-electron chi connectivity index (χ4n) is 2.53. The standard InChI is InChI=1S/C16H24N2O5S/c1-3-24(20,21)18-10-8-17(9-11-18)16(19)14-6-4-5-7-15(14)23-13-12-22-2/h4-7H,3,8-13H2,1-2H3. The van der Waals surface area contributed by atoms with E-state index in [0.29, 0.717) is 50.7 Å². The van der Waals surface area contributed by atoms with Gasteiger partial charge in [0.1, 0.15) is 12.4 Å². The minimum absolute atomic E-state index is 0.0805. The van der Waals surface area contributed by atoms with Crippen LogP contribution in [-0.2, 0) is 14.8 Å². The van der Waals surface area contributed by atoms with Gasteiger partial charge in [0.2, 0.25) is 10.0 Å². The molecule has 1 fully saturated rings. The highest BCUT2D eigenvalue weighted by atomic mass is 32.2. The number of nitrogens with zero attached hydrogens (tertiary/aromatic N) is 2. The molecule has 0 aliphatic carbocycles. The Labute approximate surface area is 143 Å². The monoisotopic (exact) mass is 356 g/mol. The van der Waals surface area contributed by atoms with Gasteiger partial charge in [0.25, 0.3) is 5.91 Å². The van der Waals surface area contributed by atoms with E-state index in [-0.39, 0.29) is 11.7 Å². The molecule has 7 nitrogen and oxygen atoms in total. The second-order valence-electron chi connectivity index (χ2n) is 5.43. The molecule has 0 radical (unpaired) electrons. The van der Waals surface area contributed by atoms with Crippen molar-refractivity contribution in [3.8, 4) is 5.75 Å². The zero-order valence-electron chi connectivity index (χ0n) is 14.1. The van der Waals surface area contributed by atoms with Gasteiger partial charge in [-0.1, -0.05) is 12.1 Å². The van der Waals surface area contributed by atoms with Gasteiger partial charge in [-0.3, -0.25) is 4.79 Å². The van der Waals surface area contributed by atoms with Crippen molar-refractivity contribution >= 4 is 15.9 Å². The van der Waals surface area contributed by atoms with E-state index in [1.54, 1.807) is 37.1 Å². The van der Waals surface area contributed by atoms with Crippen molar-refractivity contribution in [2.45, 2.75) is 6.92 Å². The highest BCUT2D eigenvalue weighted by molar-refractivity contribution is 7.89. The summed E-state index contributed by atoms with van der Waals surface area (Å²) in [6.07, 6.45) is 0. The van der Waals surface area contributed by atoms with Gasteiger partial charge in [-0.15, -0.1) is 0 Å². The molecule has 24 heavy (non-hydrogen) atoms. The zero-order chi connectivity index (χ0) is 17.6. The number of carbonyl (C=O) groups excluding carboxylic acids is 1. The molecule has 1 amide bonds. The summed E-state index contributed by atoms with van der Waals surface area (Å²) in [5.74, 6) is 0.455. The van der Waals surface area contributed by atoms with Crippen LogP contribution in [0, 0.1) is 0 Å². The highest BCUT2D eigenvalue weighted by Gasteiger charge is 2.29. The van der Waals surface area contributed by atoms with Crippen molar-refractivity contribution in [3.05, 3.63) is 29.8 Å². The second kappa shape index (κ2) is 8.46. The van der Waals surface area contributed by atoms with Gasteiger partial charge in [-0.05, 0) is 19.1 Å². The Morgan fingerprint density at radius 3 is 2.42 bits per heavy atom. The average Bonchev–Trinajstić information content (AvgIpc) is 2.62. The van der Waals surface area contributed by atoms with Crippen molar-refractivity contribution in [2.24, 2.45) is 0 Å². The van der Waals surface area contributed by atoms with Crippen molar-refractivity contribution in [1.29, 1.82) is 0 Å². The van der Waals surface area contributed by atoms with Gasteiger partial charge in [-0.25, -0.2) is 8.42 Å². The zero-order valence-corrected chi connectivity index (χ0v) is 14.9. The molecule has 0 unspecified atom stereocenters. The Hall–Kier alpha value is -1.64. The van der Waals surface area contributed by atoms with Crippen LogP contribution in [0.25, 0.3) is 0 Å². The molecule has 0 spiro atoms. The van der Waals surface area contributed by atoms with Gasteiger partial charge in [-0.2, -0.15) is 4.31 Å². The molecule has 0 bridgehead atoms. The van der Waals surface area contributed by atoms with E-state index < -0.39 is 10.0 Å². The fourth-order valence-corrected chi connectivity index (χ4v) is 3.61. The molecule has 0 N–H and O–H groups in total. The quantitative estimate of drug-likeness (QED) is 0.676. The first-order valence-electron chi connectivity index (χ1n) is 7.97. The number of piperazine rings is 1. The Balaban J connectivity index is 2.03. The van der Waals surface area contributed by atoms with E-state index >= 15 is 0 Å². The lowest BCUT2D eigenvalue weighted by Crippen LogP contribution is -2.50. The largest absolute Gasteiger partial charge is 0.490 e. The first-order chi connectivity index (χ1) is 11.5. The Morgan fingerprint density at radius 2 is 1.79 bits per heavy atom. The average molecular weight is 356 g/mol. The van der Waals surface area contributed by atoms with Crippen LogP contribution in [0.3, 0.4) is 0 Å². The summed E-state index contributed by atoms with van der Waals surface area (Å²) in [4.78, 5) is 14.4. The summed E-state index contributed by atoms with van der Waals surface area (Å²) in [5, 5.41) is 0. The minimum atomic E-state index is -3.20. The number of hydrogen-bond donors (Lipinski definition) is 0. The maximum atomic E-state index is 12.7. The molecule has 1 aromatic carbocycles. The van der Waals surface area contributed by atoms with Crippen molar-refractivity contribution in [1.82, 2.24) is 9.21 Å². The molecule has 0 atom stereocenters.